The number of ketones is 1. The third kappa shape index (κ3) is 3.75. The second-order valence-electron chi connectivity index (χ2n) is 6.03. The van der Waals surface area contributed by atoms with Crippen molar-refractivity contribution in [2.45, 2.75) is 13.0 Å². The van der Waals surface area contributed by atoms with Crippen molar-refractivity contribution in [3.05, 3.63) is 58.7 Å². The Kier molecular flexibility index (Phi) is 5.37. The minimum absolute atomic E-state index is 0.282. The first kappa shape index (κ1) is 18.8. The number of hydrogen-bond donors (Lipinski definition) is 2. The topological polar surface area (TPSA) is 80.4 Å². The van der Waals surface area contributed by atoms with Gasteiger partial charge in [0.2, 0.25) is 0 Å². The van der Waals surface area contributed by atoms with Gasteiger partial charge in [0, 0.05) is 22.1 Å². The van der Waals surface area contributed by atoms with Gasteiger partial charge in [-0.1, -0.05) is 17.7 Å². The molecule has 1 atom stereocenters. The van der Waals surface area contributed by atoms with Crippen LogP contribution in [0.2, 0.25) is 5.02 Å². The number of rotatable bonds is 6. The molecule has 0 saturated carbocycles. The number of carbonyl (C=O) groups excluding carboxylic acids is 2. The number of aromatic nitrogens is 1. The van der Waals surface area contributed by atoms with E-state index in [9.17, 15) is 9.59 Å². The van der Waals surface area contributed by atoms with Gasteiger partial charge in [0.15, 0.2) is 11.5 Å². The lowest BCUT2D eigenvalue weighted by Gasteiger charge is -2.16. The van der Waals surface area contributed by atoms with Gasteiger partial charge in [-0.05, 0) is 42.8 Å². The predicted molar refractivity (Wildman–Crippen MR) is 104 cm³/mol. The van der Waals surface area contributed by atoms with E-state index < -0.39 is 17.7 Å². The number of aromatic amines is 1. The number of nitrogens with one attached hydrogen (secondary N) is 2. The van der Waals surface area contributed by atoms with Gasteiger partial charge in [-0.15, -0.1) is 0 Å². The second kappa shape index (κ2) is 7.72. The highest BCUT2D eigenvalue weighted by molar-refractivity contribution is 6.45. The summed E-state index contributed by atoms with van der Waals surface area (Å²) in [6.07, 6.45) is 1.52. The van der Waals surface area contributed by atoms with Crippen molar-refractivity contribution in [1.82, 2.24) is 10.3 Å². The van der Waals surface area contributed by atoms with Crippen LogP contribution < -0.4 is 14.8 Å². The standard InChI is InChI=1S/C20H19ClN2O4/c1-11(12-4-7-17(26-2)18(8-12)27-3)23-20(25)19(24)15-10-22-16-6-5-13(21)9-14(15)16/h4-11,22H,1-3H3,(H,23,25). The molecule has 1 unspecified atom stereocenters. The van der Waals surface area contributed by atoms with E-state index in [-0.39, 0.29) is 5.56 Å². The number of carbonyl (C=O) groups is 2. The number of benzene rings is 2. The molecule has 0 fully saturated rings. The van der Waals surface area contributed by atoms with E-state index >= 15 is 0 Å². The Morgan fingerprint density at radius 3 is 2.52 bits per heavy atom. The van der Waals surface area contributed by atoms with Gasteiger partial charge in [-0.25, -0.2) is 0 Å². The van der Waals surface area contributed by atoms with E-state index in [1.54, 1.807) is 44.4 Å². The molecule has 27 heavy (non-hydrogen) atoms. The molecule has 0 aliphatic rings. The largest absolute Gasteiger partial charge is 0.493 e. The number of ether oxygens (including phenoxy) is 2. The number of H-pyrrole nitrogens is 1. The molecule has 0 aliphatic heterocycles. The van der Waals surface area contributed by atoms with Crippen LogP contribution >= 0.6 is 11.6 Å². The van der Waals surface area contributed by atoms with Crippen LogP contribution in [0, 0.1) is 0 Å². The maximum Gasteiger partial charge on any atom is 0.292 e. The summed E-state index contributed by atoms with van der Waals surface area (Å²) < 4.78 is 10.5. The molecule has 0 spiro atoms. The van der Waals surface area contributed by atoms with Gasteiger partial charge >= 0.3 is 0 Å². The molecule has 3 rings (SSSR count). The molecule has 2 aromatic carbocycles. The van der Waals surface area contributed by atoms with Crippen LogP contribution in [0.15, 0.2) is 42.6 Å². The Labute approximate surface area is 161 Å². The first-order valence-corrected chi connectivity index (χ1v) is 8.66. The highest BCUT2D eigenvalue weighted by Crippen LogP contribution is 2.30. The molecule has 1 heterocycles. The normalized spacial score (nSPS) is 11.9. The fraction of sp³-hybridized carbons (Fsp3) is 0.200. The third-order valence-electron chi connectivity index (χ3n) is 4.35. The van der Waals surface area contributed by atoms with Gasteiger partial charge in [-0.3, -0.25) is 9.59 Å². The Hall–Kier alpha value is -2.99. The lowest BCUT2D eigenvalue weighted by molar-refractivity contribution is -0.117. The summed E-state index contributed by atoms with van der Waals surface area (Å²) in [6.45, 7) is 1.79. The first-order chi connectivity index (χ1) is 12.9. The molecule has 0 bridgehead atoms. The molecule has 2 N–H and O–H groups in total. The molecule has 0 radical (unpaired) electrons. The average Bonchev–Trinajstić information content (AvgIpc) is 3.09. The minimum Gasteiger partial charge on any atom is -0.493 e. The van der Waals surface area contributed by atoms with E-state index in [2.05, 4.69) is 10.3 Å². The van der Waals surface area contributed by atoms with E-state index in [0.717, 1.165) is 11.1 Å². The number of methoxy groups -OCH3 is 2. The summed E-state index contributed by atoms with van der Waals surface area (Å²) in [7, 11) is 3.09. The lowest BCUT2D eigenvalue weighted by Crippen LogP contribution is -2.33. The predicted octanol–water partition coefficient (Wildman–Crippen LogP) is 3.90. The van der Waals surface area contributed by atoms with Gasteiger partial charge in [0.1, 0.15) is 0 Å². The summed E-state index contributed by atoms with van der Waals surface area (Å²) >= 11 is 6.00. The van der Waals surface area contributed by atoms with Crippen molar-refractivity contribution in [2.75, 3.05) is 14.2 Å². The van der Waals surface area contributed by atoms with E-state index in [1.165, 1.54) is 13.3 Å². The lowest BCUT2D eigenvalue weighted by atomic mass is 10.1. The number of halogens is 1. The van der Waals surface area contributed by atoms with Gasteiger partial charge in [0.05, 0.1) is 25.8 Å². The highest BCUT2D eigenvalue weighted by Gasteiger charge is 2.22. The van der Waals surface area contributed by atoms with E-state index in [1.807, 2.05) is 6.07 Å². The maximum absolute atomic E-state index is 12.6. The summed E-state index contributed by atoms with van der Waals surface area (Å²) in [4.78, 5) is 28.0. The van der Waals surface area contributed by atoms with Crippen LogP contribution in [0.1, 0.15) is 28.9 Å². The quantitative estimate of drug-likeness (QED) is 0.497. The van der Waals surface area contributed by atoms with Crippen molar-refractivity contribution < 1.29 is 19.1 Å². The summed E-state index contributed by atoms with van der Waals surface area (Å²) in [6, 6.07) is 10.1. The molecular weight excluding hydrogens is 368 g/mol. The monoisotopic (exact) mass is 386 g/mol. The fourth-order valence-corrected chi connectivity index (χ4v) is 3.04. The van der Waals surface area contributed by atoms with Crippen LogP contribution in [0.4, 0.5) is 0 Å². The van der Waals surface area contributed by atoms with Crippen LogP contribution in [-0.4, -0.2) is 30.9 Å². The molecule has 7 heteroatoms. The molecular formula is C20H19ClN2O4. The fourth-order valence-electron chi connectivity index (χ4n) is 2.87. The van der Waals surface area contributed by atoms with Crippen molar-refractivity contribution in [1.29, 1.82) is 0 Å². The Morgan fingerprint density at radius 1 is 1.07 bits per heavy atom. The summed E-state index contributed by atoms with van der Waals surface area (Å²) in [5.74, 6) is -0.186. The number of Topliss-reactive ketones (excluding diaryl/α,β-unsaturated/α-hetero) is 1. The number of fused-ring (bicyclic) bond motifs is 1. The zero-order chi connectivity index (χ0) is 19.6. The zero-order valence-electron chi connectivity index (χ0n) is 15.1. The Bertz CT molecular complexity index is 1010. The molecule has 1 amide bonds. The van der Waals surface area contributed by atoms with Crippen molar-refractivity contribution in [3.8, 4) is 11.5 Å². The molecule has 0 saturated heterocycles. The third-order valence-corrected chi connectivity index (χ3v) is 4.58. The van der Waals surface area contributed by atoms with E-state index in [0.29, 0.717) is 21.9 Å². The van der Waals surface area contributed by atoms with Crippen molar-refractivity contribution in [3.63, 3.8) is 0 Å². The molecule has 0 aliphatic carbocycles. The van der Waals surface area contributed by atoms with Gasteiger partial charge in [0.25, 0.3) is 11.7 Å². The Balaban J connectivity index is 1.79. The summed E-state index contributed by atoms with van der Waals surface area (Å²) in [5.41, 5.74) is 1.81. The molecule has 6 nitrogen and oxygen atoms in total. The number of hydrogen-bond acceptors (Lipinski definition) is 4. The second-order valence-corrected chi connectivity index (χ2v) is 6.47. The molecule has 1 aromatic heterocycles. The van der Waals surface area contributed by atoms with Crippen LogP contribution in [0.25, 0.3) is 10.9 Å². The first-order valence-electron chi connectivity index (χ1n) is 8.28. The van der Waals surface area contributed by atoms with Crippen molar-refractivity contribution >= 4 is 34.2 Å². The van der Waals surface area contributed by atoms with Gasteiger partial charge in [-0.2, -0.15) is 0 Å². The average molecular weight is 387 g/mol. The summed E-state index contributed by atoms with van der Waals surface area (Å²) in [5, 5.41) is 3.83. The molecule has 140 valence electrons. The van der Waals surface area contributed by atoms with Crippen LogP contribution in [0.3, 0.4) is 0 Å². The highest BCUT2D eigenvalue weighted by atomic mass is 35.5. The zero-order valence-corrected chi connectivity index (χ0v) is 15.9. The smallest absolute Gasteiger partial charge is 0.292 e. The maximum atomic E-state index is 12.6. The molecule has 3 aromatic rings. The van der Waals surface area contributed by atoms with Gasteiger partial charge < -0.3 is 19.8 Å². The van der Waals surface area contributed by atoms with E-state index in [4.69, 9.17) is 21.1 Å². The Morgan fingerprint density at radius 2 is 1.81 bits per heavy atom. The van der Waals surface area contributed by atoms with Crippen LogP contribution in [0.5, 0.6) is 11.5 Å². The van der Waals surface area contributed by atoms with Crippen molar-refractivity contribution in [2.24, 2.45) is 0 Å². The minimum atomic E-state index is -0.696. The number of amides is 1. The van der Waals surface area contributed by atoms with Crippen LogP contribution in [-0.2, 0) is 4.79 Å². The SMILES string of the molecule is COc1ccc(C(C)NC(=O)C(=O)c2c[nH]c3ccc(Cl)cc23)cc1OC.